The highest BCUT2D eigenvalue weighted by molar-refractivity contribution is 6.10. The van der Waals surface area contributed by atoms with Gasteiger partial charge in [0.05, 0.1) is 19.4 Å². The van der Waals surface area contributed by atoms with Crippen molar-refractivity contribution in [3.63, 3.8) is 0 Å². The second kappa shape index (κ2) is 6.86. The number of fused-ring (bicyclic) bond motifs is 1. The highest BCUT2D eigenvalue weighted by Crippen LogP contribution is 2.22. The van der Waals surface area contributed by atoms with E-state index in [2.05, 4.69) is 14.8 Å². The summed E-state index contributed by atoms with van der Waals surface area (Å²) in [5, 5.41) is 1.03. The monoisotopic (exact) mass is 337 g/mol. The lowest BCUT2D eigenvalue weighted by Gasteiger charge is -2.33. The topological polar surface area (TPSA) is 52.5 Å². The number of Topliss-reactive ketones (excluding diaryl/α,β-unsaturated/α-hetero) is 1. The Hall–Kier alpha value is -2.37. The minimum Gasteiger partial charge on any atom is -0.468 e. The lowest BCUT2D eigenvalue weighted by molar-refractivity contribution is 0.0834. The van der Waals surface area contributed by atoms with Gasteiger partial charge in [0.1, 0.15) is 5.76 Å². The Morgan fingerprint density at radius 2 is 1.84 bits per heavy atom. The maximum absolute atomic E-state index is 12.9. The number of rotatable bonds is 5. The van der Waals surface area contributed by atoms with Crippen molar-refractivity contribution in [2.45, 2.75) is 13.5 Å². The van der Waals surface area contributed by atoms with Gasteiger partial charge in [-0.3, -0.25) is 14.6 Å². The summed E-state index contributed by atoms with van der Waals surface area (Å²) in [4.78, 5) is 20.8. The zero-order valence-corrected chi connectivity index (χ0v) is 14.5. The number of para-hydroxylation sites is 1. The van der Waals surface area contributed by atoms with Crippen LogP contribution in [-0.2, 0) is 6.54 Å². The molecule has 1 N–H and O–H groups in total. The summed E-state index contributed by atoms with van der Waals surface area (Å²) in [5.74, 6) is 1.20. The van der Waals surface area contributed by atoms with Gasteiger partial charge in [-0.15, -0.1) is 0 Å². The molecule has 0 unspecified atom stereocenters. The number of H-pyrrole nitrogens is 1. The molecule has 130 valence electrons. The lowest BCUT2D eigenvalue weighted by atomic mass is 10.1. The first kappa shape index (κ1) is 16.1. The number of ketones is 1. The number of aromatic amines is 1. The van der Waals surface area contributed by atoms with Crippen LogP contribution in [-0.4, -0.2) is 53.3 Å². The lowest BCUT2D eigenvalue weighted by Crippen LogP contribution is -2.47. The number of carbonyl (C=O) groups excluding carboxylic acids is 1. The maximum Gasteiger partial charge on any atom is 0.179 e. The van der Waals surface area contributed by atoms with Crippen LogP contribution in [0.5, 0.6) is 0 Å². The molecule has 1 fully saturated rings. The Morgan fingerprint density at radius 1 is 1.08 bits per heavy atom. The fourth-order valence-electron chi connectivity index (χ4n) is 3.65. The molecule has 0 spiro atoms. The van der Waals surface area contributed by atoms with E-state index in [-0.39, 0.29) is 5.78 Å². The van der Waals surface area contributed by atoms with E-state index in [9.17, 15) is 4.79 Å². The van der Waals surface area contributed by atoms with Gasteiger partial charge in [-0.2, -0.15) is 0 Å². The van der Waals surface area contributed by atoms with Crippen molar-refractivity contribution in [1.29, 1.82) is 0 Å². The number of nitrogens with one attached hydrogen (secondary N) is 1. The fraction of sp³-hybridized carbons (Fsp3) is 0.350. The predicted molar refractivity (Wildman–Crippen MR) is 97.8 cm³/mol. The Kier molecular flexibility index (Phi) is 4.42. The largest absolute Gasteiger partial charge is 0.468 e. The molecule has 2 aromatic heterocycles. The van der Waals surface area contributed by atoms with E-state index < -0.39 is 0 Å². The molecular weight excluding hydrogens is 314 g/mol. The zero-order valence-electron chi connectivity index (χ0n) is 14.5. The van der Waals surface area contributed by atoms with Gasteiger partial charge in [-0.25, -0.2) is 0 Å². The summed E-state index contributed by atoms with van der Waals surface area (Å²) in [6.45, 7) is 7.05. The van der Waals surface area contributed by atoms with Crippen molar-refractivity contribution >= 4 is 16.7 Å². The van der Waals surface area contributed by atoms with Crippen molar-refractivity contribution in [3.8, 4) is 0 Å². The summed E-state index contributed by atoms with van der Waals surface area (Å²) in [5.41, 5.74) is 2.84. The molecule has 1 aromatic carbocycles. The van der Waals surface area contributed by atoms with Gasteiger partial charge >= 0.3 is 0 Å². The number of furan rings is 1. The SMILES string of the molecule is Cc1[nH]c2ccccc2c1C(=O)CN1CCN(Cc2ccco2)CC1. The van der Waals surface area contributed by atoms with E-state index in [1.165, 1.54) is 0 Å². The first-order chi connectivity index (χ1) is 12.2. The van der Waals surface area contributed by atoms with E-state index in [1.54, 1.807) is 6.26 Å². The zero-order chi connectivity index (χ0) is 17.2. The van der Waals surface area contributed by atoms with Crippen LogP contribution in [0, 0.1) is 6.92 Å². The maximum atomic E-state index is 12.9. The number of hydrogen-bond donors (Lipinski definition) is 1. The van der Waals surface area contributed by atoms with E-state index in [0.29, 0.717) is 6.54 Å². The van der Waals surface area contributed by atoms with Gasteiger partial charge in [0.15, 0.2) is 5.78 Å². The Balaban J connectivity index is 1.38. The summed E-state index contributed by atoms with van der Waals surface area (Å²) >= 11 is 0. The number of benzene rings is 1. The van der Waals surface area contributed by atoms with Crippen LogP contribution in [0.4, 0.5) is 0 Å². The van der Waals surface area contributed by atoms with Gasteiger partial charge in [0, 0.05) is 48.3 Å². The standard InChI is InChI=1S/C20H23N3O2/c1-15-20(17-6-2-3-7-18(17)21-15)19(24)14-23-10-8-22(9-11-23)13-16-5-4-12-25-16/h2-7,12,21H,8-11,13-14H2,1H3. The van der Waals surface area contributed by atoms with Gasteiger partial charge in [-0.05, 0) is 25.1 Å². The van der Waals surface area contributed by atoms with E-state index >= 15 is 0 Å². The highest BCUT2D eigenvalue weighted by atomic mass is 16.3. The summed E-state index contributed by atoms with van der Waals surface area (Å²) in [6.07, 6.45) is 1.72. The molecule has 5 heteroatoms. The molecule has 1 aliphatic rings. The predicted octanol–water partition coefficient (Wildman–Crippen LogP) is 3.07. The summed E-state index contributed by atoms with van der Waals surface area (Å²) < 4.78 is 5.42. The molecule has 0 bridgehead atoms. The third kappa shape index (κ3) is 3.38. The number of nitrogens with zero attached hydrogens (tertiary/aromatic N) is 2. The van der Waals surface area contributed by atoms with Crippen LogP contribution in [0.1, 0.15) is 21.8 Å². The molecule has 1 saturated heterocycles. The van der Waals surface area contributed by atoms with E-state index in [4.69, 9.17) is 4.42 Å². The molecule has 0 amide bonds. The third-order valence-corrected chi connectivity index (χ3v) is 4.96. The molecule has 0 aliphatic carbocycles. The van der Waals surface area contributed by atoms with Gasteiger partial charge in [0.2, 0.25) is 0 Å². The van der Waals surface area contributed by atoms with Crippen LogP contribution in [0.15, 0.2) is 47.1 Å². The molecule has 0 atom stereocenters. The molecular formula is C20H23N3O2. The molecule has 4 rings (SSSR count). The Labute approximate surface area is 147 Å². The molecule has 3 heterocycles. The molecule has 1 aliphatic heterocycles. The number of aromatic nitrogens is 1. The highest BCUT2D eigenvalue weighted by Gasteiger charge is 2.22. The minimum absolute atomic E-state index is 0.203. The normalized spacial score (nSPS) is 16.5. The molecule has 5 nitrogen and oxygen atoms in total. The van der Waals surface area contributed by atoms with Gasteiger partial charge < -0.3 is 9.40 Å². The van der Waals surface area contributed by atoms with Crippen LogP contribution in [0.25, 0.3) is 10.9 Å². The van der Waals surface area contributed by atoms with Gasteiger partial charge in [0.25, 0.3) is 0 Å². The quantitative estimate of drug-likeness (QED) is 0.727. The fourth-order valence-corrected chi connectivity index (χ4v) is 3.65. The van der Waals surface area contributed by atoms with Crippen molar-refractivity contribution in [2.75, 3.05) is 32.7 Å². The van der Waals surface area contributed by atoms with Crippen LogP contribution >= 0.6 is 0 Å². The Morgan fingerprint density at radius 3 is 2.60 bits per heavy atom. The molecule has 25 heavy (non-hydrogen) atoms. The van der Waals surface area contributed by atoms with Crippen molar-refractivity contribution in [1.82, 2.24) is 14.8 Å². The minimum atomic E-state index is 0.203. The van der Waals surface area contributed by atoms with Crippen LogP contribution in [0.2, 0.25) is 0 Å². The van der Waals surface area contributed by atoms with Gasteiger partial charge in [-0.1, -0.05) is 18.2 Å². The summed E-state index contributed by atoms with van der Waals surface area (Å²) in [6, 6.07) is 12.0. The second-order valence-electron chi connectivity index (χ2n) is 6.73. The van der Waals surface area contributed by atoms with Crippen LogP contribution < -0.4 is 0 Å². The average molecular weight is 337 g/mol. The number of aryl methyl sites for hydroxylation is 1. The number of hydrogen-bond acceptors (Lipinski definition) is 4. The van der Waals surface area contributed by atoms with Crippen LogP contribution in [0.3, 0.4) is 0 Å². The summed E-state index contributed by atoms with van der Waals surface area (Å²) in [7, 11) is 0. The number of carbonyl (C=O) groups is 1. The second-order valence-corrected chi connectivity index (χ2v) is 6.73. The van der Waals surface area contributed by atoms with E-state index in [0.717, 1.165) is 60.6 Å². The number of piperazine rings is 1. The molecule has 3 aromatic rings. The van der Waals surface area contributed by atoms with Crippen molar-refractivity contribution in [3.05, 3.63) is 59.7 Å². The first-order valence-electron chi connectivity index (χ1n) is 8.78. The third-order valence-electron chi connectivity index (χ3n) is 4.96. The van der Waals surface area contributed by atoms with Crippen molar-refractivity contribution < 1.29 is 9.21 Å². The van der Waals surface area contributed by atoms with E-state index in [1.807, 2.05) is 43.3 Å². The smallest absolute Gasteiger partial charge is 0.179 e. The first-order valence-corrected chi connectivity index (χ1v) is 8.78. The average Bonchev–Trinajstić information content (AvgIpc) is 3.23. The molecule has 0 saturated carbocycles. The van der Waals surface area contributed by atoms with Crippen molar-refractivity contribution in [2.24, 2.45) is 0 Å². The Bertz CT molecular complexity index is 858. The molecule has 0 radical (unpaired) electrons.